The van der Waals surface area contributed by atoms with Crippen molar-refractivity contribution in [2.24, 2.45) is 5.10 Å². The SMILES string of the molecule is COC(=O)COc1ccc(/C=N\NC(=O)CNC2CCCCC2)cc1. The molecule has 1 aliphatic rings. The first kappa shape index (κ1) is 18.9. The van der Waals surface area contributed by atoms with E-state index in [1.807, 2.05) is 0 Å². The summed E-state index contributed by atoms with van der Waals surface area (Å²) < 4.78 is 9.75. The molecule has 0 aliphatic heterocycles. The van der Waals surface area contributed by atoms with Gasteiger partial charge in [0.05, 0.1) is 19.9 Å². The van der Waals surface area contributed by atoms with Crippen LogP contribution in [0.1, 0.15) is 37.7 Å². The Hall–Kier alpha value is -2.41. The number of esters is 1. The van der Waals surface area contributed by atoms with E-state index in [1.54, 1.807) is 30.5 Å². The number of hydrazone groups is 1. The zero-order valence-electron chi connectivity index (χ0n) is 14.5. The minimum atomic E-state index is -0.435. The van der Waals surface area contributed by atoms with Gasteiger partial charge in [0.2, 0.25) is 0 Å². The largest absolute Gasteiger partial charge is 0.482 e. The van der Waals surface area contributed by atoms with Gasteiger partial charge in [-0.3, -0.25) is 4.79 Å². The fourth-order valence-corrected chi connectivity index (χ4v) is 2.61. The van der Waals surface area contributed by atoms with Crippen LogP contribution >= 0.6 is 0 Å². The zero-order valence-corrected chi connectivity index (χ0v) is 14.5. The van der Waals surface area contributed by atoms with Crippen LogP contribution in [0.15, 0.2) is 29.4 Å². The van der Waals surface area contributed by atoms with E-state index in [9.17, 15) is 9.59 Å². The Labute approximate surface area is 147 Å². The van der Waals surface area contributed by atoms with Crippen LogP contribution < -0.4 is 15.5 Å². The lowest BCUT2D eigenvalue weighted by Gasteiger charge is -2.22. The van der Waals surface area contributed by atoms with Crippen LogP contribution in [-0.2, 0) is 14.3 Å². The second-order valence-corrected chi connectivity index (χ2v) is 5.94. The van der Waals surface area contributed by atoms with E-state index in [2.05, 4.69) is 20.6 Å². The number of carbonyl (C=O) groups excluding carboxylic acids is 2. The number of benzene rings is 1. The maximum Gasteiger partial charge on any atom is 0.343 e. The van der Waals surface area contributed by atoms with Gasteiger partial charge in [-0.1, -0.05) is 19.3 Å². The molecular weight excluding hydrogens is 322 g/mol. The highest BCUT2D eigenvalue weighted by atomic mass is 16.6. The van der Waals surface area contributed by atoms with Crippen molar-refractivity contribution in [3.05, 3.63) is 29.8 Å². The van der Waals surface area contributed by atoms with Crippen molar-refractivity contribution in [2.45, 2.75) is 38.1 Å². The smallest absolute Gasteiger partial charge is 0.343 e. The summed E-state index contributed by atoms with van der Waals surface area (Å²) in [6, 6.07) is 7.44. The van der Waals surface area contributed by atoms with Crippen LogP contribution in [0.25, 0.3) is 0 Å². The minimum Gasteiger partial charge on any atom is -0.482 e. The Morgan fingerprint density at radius 1 is 1.20 bits per heavy atom. The topological polar surface area (TPSA) is 89.0 Å². The molecule has 1 saturated carbocycles. The van der Waals surface area contributed by atoms with Gasteiger partial charge in [-0.2, -0.15) is 5.10 Å². The molecule has 2 N–H and O–H groups in total. The molecule has 136 valence electrons. The van der Waals surface area contributed by atoms with Crippen LogP contribution in [0.4, 0.5) is 0 Å². The van der Waals surface area contributed by atoms with Crippen LogP contribution in [0.3, 0.4) is 0 Å². The lowest BCUT2D eigenvalue weighted by atomic mass is 9.95. The molecule has 7 nitrogen and oxygen atoms in total. The summed E-state index contributed by atoms with van der Waals surface area (Å²) in [6.45, 7) is 0.149. The van der Waals surface area contributed by atoms with Crippen LogP contribution in [-0.4, -0.2) is 44.4 Å². The van der Waals surface area contributed by atoms with Gasteiger partial charge in [-0.25, -0.2) is 10.2 Å². The van der Waals surface area contributed by atoms with Crippen molar-refractivity contribution in [3.8, 4) is 5.75 Å². The lowest BCUT2D eigenvalue weighted by molar-refractivity contribution is -0.142. The number of nitrogens with zero attached hydrogens (tertiary/aromatic N) is 1. The van der Waals surface area contributed by atoms with Crippen LogP contribution in [0, 0.1) is 0 Å². The minimum absolute atomic E-state index is 0.131. The molecule has 0 saturated heterocycles. The van der Waals surface area contributed by atoms with Crippen LogP contribution in [0.5, 0.6) is 5.75 Å². The summed E-state index contributed by atoms with van der Waals surface area (Å²) >= 11 is 0. The summed E-state index contributed by atoms with van der Waals surface area (Å²) in [5, 5.41) is 7.21. The molecule has 25 heavy (non-hydrogen) atoms. The van der Waals surface area contributed by atoms with E-state index in [-0.39, 0.29) is 19.1 Å². The highest BCUT2D eigenvalue weighted by molar-refractivity contribution is 5.83. The molecule has 0 heterocycles. The summed E-state index contributed by atoms with van der Waals surface area (Å²) in [4.78, 5) is 22.8. The van der Waals surface area contributed by atoms with Gasteiger partial charge in [-0.05, 0) is 42.7 Å². The van der Waals surface area contributed by atoms with Crippen LogP contribution in [0.2, 0.25) is 0 Å². The fourth-order valence-electron chi connectivity index (χ4n) is 2.61. The maximum absolute atomic E-state index is 11.8. The predicted molar refractivity (Wildman–Crippen MR) is 94.6 cm³/mol. The average Bonchev–Trinajstić information content (AvgIpc) is 2.66. The Balaban J connectivity index is 1.68. The number of nitrogens with one attached hydrogen (secondary N) is 2. The molecule has 1 aliphatic carbocycles. The molecule has 0 radical (unpaired) electrons. The standard InChI is InChI=1S/C18H25N3O4/c1-24-18(23)13-25-16-9-7-14(8-10-16)11-20-21-17(22)12-19-15-5-3-2-4-6-15/h7-11,15,19H,2-6,12-13H2,1H3,(H,21,22)/b20-11-. The average molecular weight is 347 g/mol. The van der Waals surface area contributed by atoms with Gasteiger partial charge in [-0.15, -0.1) is 0 Å². The summed E-state index contributed by atoms with van der Waals surface area (Å²) in [5.74, 6) is -0.0293. The Bertz CT molecular complexity index is 580. The second-order valence-electron chi connectivity index (χ2n) is 5.94. The van der Waals surface area contributed by atoms with Gasteiger partial charge in [0, 0.05) is 6.04 Å². The number of ether oxygens (including phenoxy) is 2. The molecule has 1 fully saturated rings. The highest BCUT2D eigenvalue weighted by Crippen LogP contribution is 2.16. The van der Waals surface area contributed by atoms with E-state index in [0.717, 1.165) is 18.4 Å². The molecule has 1 amide bonds. The second kappa shape index (κ2) is 10.5. The maximum atomic E-state index is 11.8. The molecule has 1 aromatic rings. The number of rotatable bonds is 8. The molecule has 0 spiro atoms. The van der Waals surface area contributed by atoms with Gasteiger partial charge in [0.25, 0.3) is 5.91 Å². The predicted octanol–water partition coefficient (Wildman–Crippen LogP) is 1.61. The fraction of sp³-hybridized carbons (Fsp3) is 0.500. The molecule has 0 bridgehead atoms. The van der Waals surface area contributed by atoms with Gasteiger partial charge < -0.3 is 14.8 Å². The Morgan fingerprint density at radius 2 is 1.92 bits per heavy atom. The van der Waals surface area contributed by atoms with E-state index in [4.69, 9.17) is 4.74 Å². The third-order valence-corrected chi connectivity index (χ3v) is 4.02. The first-order valence-electron chi connectivity index (χ1n) is 8.52. The zero-order chi connectivity index (χ0) is 17.9. The van der Waals surface area contributed by atoms with Crippen molar-refractivity contribution in [1.82, 2.24) is 10.7 Å². The third-order valence-electron chi connectivity index (χ3n) is 4.02. The van der Waals surface area contributed by atoms with Crippen molar-refractivity contribution in [2.75, 3.05) is 20.3 Å². The highest BCUT2D eigenvalue weighted by Gasteiger charge is 2.13. The number of hydrogen-bond donors (Lipinski definition) is 2. The normalized spacial score (nSPS) is 15.1. The number of amides is 1. The van der Waals surface area contributed by atoms with E-state index < -0.39 is 5.97 Å². The van der Waals surface area contributed by atoms with Gasteiger partial charge in [0.1, 0.15) is 5.75 Å². The lowest BCUT2D eigenvalue weighted by Crippen LogP contribution is -2.38. The monoisotopic (exact) mass is 347 g/mol. The van der Waals surface area contributed by atoms with Gasteiger partial charge in [0.15, 0.2) is 6.61 Å². The summed E-state index contributed by atoms with van der Waals surface area (Å²) in [7, 11) is 1.31. The molecule has 0 aromatic heterocycles. The van der Waals surface area contributed by atoms with Crippen molar-refractivity contribution in [3.63, 3.8) is 0 Å². The molecule has 1 aromatic carbocycles. The van der Waals surface area contributed by atoms with Crippen molar-refractivity contribution >= 4 is 18.1 Å². The van der Waals surface area contributed by atoms with E-state index >= 15 is 0 Å². The molecule has 0 atom stereocenters. The number of methoxy groups -OCH3 is 1. The molecule has 0 unspecified atom stereocenters. The third kappa shape index (κ3) is 7.34. The quantitative estimate of drug-likeness (QED) is 0.424. The van der Waals surface area contributed by atoms with Gasteiger partial charge >= 0.3 is 5.97 Å². The number of hydrogen-bond acceptors (Lipinski definition) is 6. The summed E-state index contributed by atoms with van der Waals surface area (Å²) in [6.07, 6.45) is 7.60. The van der Waals surface area contributed by atoms with E-state index in [0.29, 0.717) is 11.8 Å². The van der Waals surface area contributed by atoms with Crippen molar-refractivity contribution in [1.29, 1.82) is 0 Å². The number of carbonyl (C=O) groups is 2. The summed E-state index contributed by atoms with van der Waals surface area (Å²) in [5.41, 5.74) is 3.32. The molecule has 2 rings (SSSR count). The van der Waals surface area contributed by atoms with E-state index in [1.165, 1.54) is 26.4 Å². The molecular formula is C18H25N3O4. The first-order chi connectivity index (χ1) is 12.2. The first-order valence-corrected chi connectivity index (χ1v) is 8.52. The van der Waals surface area contributed by atoms with Crippen molar-refractivity contribution < 1.29 is 19.1 Å². The Morgan fingerprint density at radius 3 is 2.60 bits per heavy atom. The molecule has 7 heteroatoms. The Kier molecular flexibility index (Phi) is 7.91.